The van der Waals surface area contributed by atoms with Gasteiger partial charge >= 0.3 is 5.97 Å². The number of aryl methyl sites for hydroxylation is 2. The van der Waals surface area contributed by atoms with Crippen LogP contribution in [0.2, 0.25) is 0 Å². The number of hydrogen-bond acceptors (Lipinski definition) is 7. The summed E-state index contributed by atoms with van der Waals surface area (Å²) in [5.74, 6) is 0.356. The molecule has 1 aliphatic carbocycles. The van der Waals surface area contributed by atoms with E-state index in [0.29, 0.717) is 11.5 Å². The molecule has 0 spiro atoms. The molecule has 5 rings (SSSR count). The molecule has 0 amide bonds. The molecule has 0 radical (unpaired) electrons. The van der Waals surface area contributed by atoms with Crippen molar-refractivity contribution in [1.82, 2.24) is 15.2 Å². The molecule has 0 saturated heterocycles. The Hall–Kier alpha value is -3.06. The standard InChI is InChI=1S/C23H21N3O3S/c1-13-9-10-18-16(12-13)20(15-6-3-4-7-17(15)24-18)23(27)28-14(2)21-25-26-22(29-21)19-8-5-11-30-19/h5,8-12,14H,3-4,6-7H2,1-2H3. The molecule has 0 aliphatic heterocycles. The van der Waals surface area contributed by atoms with Crippen molar-refractivity contribution in [3.05, 3.63) is 64.0 Å². The summed E-state index contributed by atoms with van der Waals surface area (Å²) in [6.07, 6.45) is 3.23. The highest BCUT2D eigenvalue weighted by Crippen LogP contribution is 2.32. The van der Waals surface area contributed by atoms with Crippen LogP contribution >= 0.6 is 11.3 Å². The molecular weight excluding hydrogens is 398 g/mol. The minimum Gasteiger partial charge on any atom is -0.449 e. The lowest BCUT2D eigenvalue weighted by Gasteiger charge is -2.21. The van der Waals surface area contributed by atoms with Crippen LogP contribution in [0.25, 0.3) is 21.7 Å². The minimum atomic E-state index is -0.647. The second-order valence-corrected chi connectivity index (χ2v) is 8.56. The fourth-order valence-corrected chi connectivity index (χ4v) is 4.58. The number of pyridine rings is 1. The van der Waals surface area contributed by atoms with Crippen molar-refractivity contribution in [3.63, 3.8) is 0 Å². The maximum absolute atomic E-state index is 13.3. The van der Waals surface area contributed by atoms with Gasteiger partial charge in [0, 0.05) is 11.1 Å². The maximum atomic E-state index is 13.3. The van der Waals surface area contributed by atoms with E-state index in [1.165, 1.54) is 11.3 Å². The Morgan fingerprint density at radius 1 is 1.20 bits per heavy atom. The third kappa shape index (κ3) is 3.39. The van der Waals surface area contributed by atoms with Gasteiger partial charge in [0.25, 0.3) is 11.8 Å². The van der Waals surface area contributed by atoms with Gasteiger partial charge < -0.3 is 9.15 Å². The lowest BCUT2D eigenvalue weighted by molar-refractivity contribution is 0.0280. The summed E-state index contributed by atoms with van der Waals surface area (Å²) in [4.78, 5) is 19.0. The highest BCUT2D eigenvalue weighted by molar-refractivity contribution is 7.13. The Balaban J connectivity index is 1.49. The topological polar surface area (TPSA) is 78.1 Å². The van der Waals surface area contributed by atoms with Gasteiger partial charge in [0.05, 0.1) is 16.0 Å². The quantitative estimate of drug-likeness (QED) is 0.409. The van der Waals surface area contributed by atoms with Crippen LogP contribution in [0, 0.1) is 6.92 Å². The van der Waals surface area contributed by atoms with Crippen molar-refractivity contribution in [2.24, 2.45) is 0 Å². The van der Waals surface area contributed by atoms with Crippen LogP contribution < -0.4 is 0 Å². The molecule has 0 N–H and O–H groups in total. The van der Waals surface area contributed by atoms with Gasteiger partial charge in [-0.05, 0) is 68.7 Å². The second kappa shape index (κ2) is 7.65. The highest BCUT2D eigenvalue weighted by atomic mass is 32.1. The molecule has 7 heteroatoms. The molecule has 0 fully saturated rings. The van der Waals surface area contributed by atoms with E-state index in [2.05, 4.69) is 10.2 Å². The fourth-order valence-electron chi connectivity index (χ4n) is 3.94. The van der Waals surface area contributed by atoms with Gasteiger partial charge in [-0.1, -0.05) is 17.7 Å². The fraction of sp³-hybridized carbons (Fsp3) is 0.304. The summed E-state index contributed by atoms with van der Waals surface area (Å²) in [6, 6.07) is 9.85. The zero-order valence-corrected chi connectivity index (χ0v) is 17.7. The largest absolute Gasteiger partial charge is 0.449 e. The summed E-state index contributed by atoms with van der Waals surface area (Å²) in [6.45, 7) is 3.77. The number of ether oxygens (including phenoxy) is 1. The first-order valence-corrected chi connectivity index (χ1v) is 11.0. The smallest absolute Gasteiger partial charge is 0.339 e. The predicted molar refractivity (Wildman–Crippen MR) is 115 cm³/mol. The molecule has 152 valence electrons. The van der Waals surface area contributed by atoms with Crippen molar-refractivity contribution in [2.45, 2.75) is 45.6 Å². The number of esters is 1. The molecule has 0 saturated carbocycles. The van der Waals surface area contributed by atoms with Gasteiger partial charge in [-0.3, -0.25) is 4.98 Å². The van der Waals surface area contributed by atoms with Crippen molar-refractivity contribution < 1.29 is 13.9 Å². The van der Waals surface area contributed by atoms with Crippen LogP contribution in [-0.2, 0) is 17.6 Å². The van der Waals surface area contributed by atoms with Gasteiger partial charge in [0.15, 0.2) is 6.10 Å². The number of aromatic nitrogens is 3. The average molecular weight is 420 g/mol. The van der Waals surface area contributed by atoms with E-state index < -0.39 is 6.10 Å². The molecule has 0 bridgehead atoms. The summed E-state index contributed by atoms with van der Waals surface area (Å²) in [5, 5.41) is 11.0. The second-order valence-electron chi connectivity index (χ2n) is 7.61. The number of fused-ring (bicyclic) bond motifs is 2. The number of rotatable bonds is 4. The summed E-state index contributed by atoms with van der Waals surface area (Å²) >= 11 is 1.52. The van der Waals surface area contributed by atoms with E-state index in [1.54, 1.807) is 6.92 Å². The van der Waals surface area contributed by atoms with Crippen LogP contribution in [0.1, 0.15) is 58.9 Å². The lowest BCUT2D eigenvalue weighted by Crippen LogP contribution is -2.17. The molecule has 6 nitrogen and oxygen atoms in total. The molecule has 30 heavy (non-hydrogen) atoms. The Labute approximate surface area is 177 Å². The van der Waals surface area contributed by atoms with E-state index in [-0.39, 0.29) is 11.9 Å². The Bertz CT molecular complexity index is 1230. The summed E-state index contributed by atoms with van der Waals surface area (Å²) < 4.78 is 11.6. The minimum absolute atomic E-state index is 0.287. The number of benzene rings is 1. The molecule has 1 aromatic carbocycles. The van der Waals surface area contributed by atoms with Crippen LogP contribution in [0.4, 0.5) is 0 Å². The molecular formula is C23H21N3O3S. The number of thiophene rings is 1. The van der Waals surface area contributed by atoms with Crippen molar-refractivity contribution in [2.75, 3.05) is 0 Å². The van der Waals surface area contributed by atoms with E-state index >= 15 is 0 Å². The van der Waals surface area contributed by atoms with Crippen molar-refractivity contribution in [1.29, 1.82) is 0 Å². The van der Waals surface area contributed by atoms with Gasteiger partial charge in [-0.2, -0.15) is 0 Å². The van der Waals surface area contributed by atoms with E-state index in [0.717, 1.165) is 58.3 Å². The zero-order chi connectivity index (χ0) is 20.7. The van der Waals surface area contributed by atoms with Crippen LogP contribution in [-0.4, -0.2) is 21.2 Å². The normalized spacial score (nSPS) is 14.5. The lowest BCUT2D eigenvalue weighted by atomic mass is 9.89. The van der Waals surface area contributed by atoms with Gasteiger partial charge in [-0.15, -0.1) is 21.5 Å². The Morgan fingerprint density at radius 2 is 2.07 bits per heavy atom. The van der Waals surface area contributed by atoms with Crippen LogP contribution in [0.5, 0.6) is 0 Å². The SMILES string of the molecule is Cc1ccc2nc3c(c(C(=O)OC(C)c4nnc(-c5cccs5)o4)c2c1)CCCC3. The first kappa shape index (κ1) is 18.9. The van der Waals surface area contributed by atoms with E-state index in [4.69, 9.17) is 14.1 Å². The maximum Gasteiger partial charge on any atom is 0.339 e. The molecule has 1 atom stereocenters. The van der Waals surface area contributed by atoms with E-state index in [9.17, 15) is 4.79 Å². The average Bonchev–Trinajstić information content (AvgIpc) is 3.43. The summed E-state index contributed by atoms with van der Waals surface area (Å²) in [5.41, 5.74) is 4.57. The first-order chi connectivity index (χ1) is 14.6. The summed E-state index contributed by atoms with van der Waals surface area (Å²) in [7, 11) is 0. The Morgan fingerprint density at radius 3 is 2.90 bits per heavy atom. The van der Waals surface area contributed by atoms with Crippen molar-refractivity contribution in [3.8, 4) is 10.8 Å². The Kier molecular flexibility index (Phi) is 4.83. The van der Waals surface area contributed by atoms with Gasteiger partial charge in [-0.25, -0.2) is 4.79 Å². The van der Waals surface area contributed by atoms with Crippen LogP contribution in [0.3, 0.4) is 0 Å². The van der Waals surface area contributed by atoms with E-state index in [1.807, 2.05) is 42.6 Å². The zero-order valence-electron chi connectivity index (χ0n) is 16.8. The molecule has 4 aromatic rings. The third-order valence-corrected chi connectivity index (χ3v) is 6.28. The first-order valence-electron chi connectivity index (χ1n) is 10.1. The van der Waals surface area contributed by atoms with Crippen molar-refractivity contribution >= 4 is 28.2 Å². The number of hydrogen-bond donors (Lipinski definition) is 0. The number of carbonyl (C=O) groups is 1. The van der Waals surface area contributed by atoms with Gasteiger partial charge in [0.2, 0.25) is 0 Å². The number of nitrogens with zero attached hydrogens (tertiary/aromatic N) is 3. The van der Waals surface area contributed by atoms with Gasteiger partial charge in [0.1, 0.15) is 0 Å². The van der Waals surface area contributed by atoms with Crippen LogP contribution in [0.15, 0.2) is 40.1 Å². The predicted octanol–water partition coefficient (Wildman–Crippen LogP) is 5.45. The molecule has 1 aliphatic rings. The highest BCUT2D eigenvalue weighted by Gasteiger charge is 2.27. The molecule has 1 unspecified atom stereocenters. The third-order valence-electron chi connectivity index (χ3n) is 5.43. The number of carbonyl (C=O) groups excluding carboxylic acids is 1. The monoisotopic (exact) mass is 419 g/mol. The molecule has 3 heterocycles. The molecule has 3 aromatic heterocycles.